The van der Waals surface area contributed by atoms with Gasteiger partial charge in [0.1, 0.15) is 5.75 Å². The summed E-state index contributed by atoms with van der Waals surface area (Å²) in [6.07, 6.45) is -4.81. The Morgan fingerprint density at radius 1 is 0.950 bits per heavy atom. The summed E-state index contributed by atoms with van der Waals surface area (Å²) in [4.78, 5) is 0. The largest absolute Gasteiger partial charge is 0.573 e. The Hall–Kier alpha value is -2.21. The van der Waals surface area contributed by atoms with Gasteiger partial charge in [-0.2, -0.15) is 0 Å². The normalized spacial score (nSPS) is 11.2. The van der Waals surface area contributed by atoms with Crippen molar-refractivity contribution >= 4 is 0 Å². The molecule has 2 rings (SSSR count). The van der Waals surface area contributed by atoms with Crippen molar-refractivity contribution in [3.8, 4) is 17.2 Å². The molecule has 0 spiro atoms. The van der Waals surface area contributed by atoms with Gasteiger partial charge < -0.3 is 14.6 Å². The summed E-state index contributed by atoms with van der Waals surface area (Å²) in [5, 5.41) is 9.03. The summed E-state index contributed by atoms with van der Waals surface area (Å²) in [6.45, 7) is -0.308. The number of aliphatic hydroxyl groups excluding tert-OH is 1. The van der Waals surface area contributed by atoms with Gasteiger partial charge >= 0.3 is 6.36 Å². The van der Waals surface area contributed by atoms with Gasteiger partial charge in [-0.3, -0.25) is 0 Å². The molecule has 0 heterocycles. The van der Waals surface area contributed by atoms with Crippen molar-refractivity contribution in [1.29, 1.82) is 0 Å². The number of hydrogen-bond donors (Lipinski definition) is 1. The predicted molar refractivity (Wildman–Crippen MR) is 65.6 cm³/mol. The molecule has 0 radical (unpaired) electrons. The highest BCUT2D eigenvalue weighted by molar-refractivity contribution is 5.45. The standard InChI is InChI=1S/C14H11F3O3/c15-14(16,17)20-12-7-6-10(9-18)8-13(12)19-11-4-2-1-3-5-11/h1-8,18H,9H2. The highest BCUT2D eigenvalue weighted by atomic mass is 19.4. The fourth-order valence-electron chi connectivity index (χ4n) is 1.56. The predicted octanol–water partition coefficient (Wildman–Crippen LogP) is 3.87. The molecule has 0 aliphatic carbocycles. The summed E-state index contributed by atoms with van der Waals surface area (Å²) in [6, 6.07) is 12.1. The third-order valence-corrected chi connectivity index (χ3v) is 2.39. The zero-order valence-electron chi connectivity index (χ0n) is 10.2. The molecule has 1 N–H and O–H groups in total. The van der Waals surface area contributed by atoms with Crippen LogP contribution >= 0.6 is 0 Å². The minimum atomic E-state index is -4.81. The van der Waals surface area contributed by atoms with Crippen LogP contribution < -0.4 is 9.47 Å². The highest BCUT2D eigenvalue weighted by Gasteiger charge is 2.32. The zero-order valence-corrected chi connectivity index (χ0v) is 10.2. The molecule has 2 aromatic carbocycles. The molecule has 0 fully saturated rings. The van der Waals surface area contributed by atoms with Crippen LogP contribution in [0.1, 0.15) is 5.56 Å². The van der Waals surface area contributed by atoms with Gasteiger partial charge in [-0.15, -0.1) is 13.2 Å². The average molecular weight is 284 g/mol. The van der Waals surface area contributed by atoms with Crippen LogP contribution in [0.15, 0.2) is 48.5 Å². The molecule has 6 heteroatoms. The molecule has 20 heavy (non-hydrogen) atoms. The van der Waals surface area contributed by atoms with E-state index < -0.39 is 12.1 Å². The molecule has 2 aromatic rings. The highest BCUT2D eigenvalue weighted by Crippen LogP contribution is 2.35. The minimum Gasteiger partial charge on any atom is -0.453 e. The number of ether oxygens (including phenoxy) is 2. The molecule has 0 saturated carbocycles. The zero-order chi connectivity index (χ0) is 14.6. The second-order valence-electron chi connectivity index (χ2n) is 3.90. The van der Waals surface area contributed by atoms with Crippen molar-refractivity contribution in [1.82, 2.24) is 0 Å². The molecule has 0 aromatic heterocycles. The van der Waals surface area contributed by atoms with Gasteiger partial charge in [-0.25, -0.2) is 0 Å². The van der Waals surface area contributed by atoms with Crippen LogP contribution in [0.4, 0.5) is 13.2 Å². The van der Waals surface area contributed by atoms with Gasteiger partial charge in [0.25, 0.3) is 0 Å². The Morgan fingerprint density at radius 3 is 2.25 bits per heavy atom. The Kier molecular flexibility index (Phi) is 4.14. The van der Waals surface area contributed by atoms with Gasteiger partial charge in [0, 0.05) is 0 Å². The van der Waals surface area contributed by atoms with E-state index in [0.29, 0.717) is 11.3 Å². The molecule has 0 atom stereocenters. The number of halogens is 3. The van der Waals surface area contributed by atoms with E-state index in [1.165, 1.54) is 12.1 Å². The van der Waals surface area contributed by atoms with Crippen molar-refractivity contribution in [2.24, 2.45) is 0 Å². The van der Waals surface area contributed by atoms with E-state index in [1.807, 2.05) is 0 Å². The lowest BCUT2D eigenvalue weighted by atomic mass is 10.2. The van der Waals surface area contributed by atoms with E-state index in [-0.39, 0.29) is 12.4 Å². The second-order valence-corrected chi connectivity index (χ2v) is 3.90. The molecular weight excluding hydrogens is 273 g/mol. The second kappa shape index (κ2) is 5.83. The first-order valence-corrected chi connectivity index (χ1v) is 5.70. The van der Waals surface area contributed by atoms with Crippen LogP contribution in [-0.2, 0) is 6.61 Å². The lowest BCUT2D eigenvalue weighted by Gasteiger charge is -2.14. The lowest BCUT2D eigenvalue weighted by Crippen LogP contribution is -2.17. The smallest absolute Gasteiger partial charge is 0.453 e. The molecule has 0 saturated heterocycles. The van der Waals surface area contributed by atoms with Crippen molar-refractivity contribution in [3.05, 3.63) is 54.1 Å². The lowest BCUT2D eigenvalue weighted by molar-refractivity contribution is -0.275. The average Bonchev–Trinajstić information content (AvgIpc) is 2.40. The van der Waals surface area contributed by atoms with Crippen molar-refractivity contribution in [2.75, 3.05) is 0 Å². The van der Waals surface area contributed by atoms with Crippen LogP contribution in [0.2, 0.25) is 0 Å². The molecule has 0 unspecified atom stereocenters. The molecule has 0 bridgehead atoms. The van der Waals surface area contributed by atoms with Crippen LogP contribution in [0, 0.1) is 0 Å². The summed E-state index contributed by atoms with van der Waals surface area (Å²) in [5.41, 5.74) is 0.422. The molecule has 106 valence electrons. The number of alkyl halides is 3. The molecule has 3 nitrogen and oxygen atoms in total. The Labute approximate surface area is 113 Å². The van der Waals surface area contributed by atoms with Crippen molar-refractivity contribution in [3.63, 3.8) is 0 Å². The fraction of sp³-hybridized carbons (Fsp3) is 0.143. The van der Waals surface area contributed by atoms with E-state index >= 15 is 0 Å². The van der Waals surface area contributed by atoms with Crippen LogP contribution in [0.5, 0.6) is 17.2 Å². The Balaban J connectivity index is 2.32. The number of aliphatic hydroxyl groups is 1. The van der Waals surface area contributed by atoms with Gasteiger partial charge in [0.15, 0.2) is 11.5 Å². The Morgan fingerprint density at radius 2 is 1.65 bits per heavy atom. The van der Waals surface area contributed by atoms with Gasteiger partial charge in [0.2, 0.25) is 0 Å². The van der Waals surface area contributed by atoms with Gasteiger partial charge in [0.05, 0.1) is 6.61 Å². The minimum absolute atomic E-state index is 0.111. The third kappa shape index (κ3) is 3.89. The quantitative estimate of drug-likeness (QED) is 0.926. The van der Waals surface area contributed by atoms with E-state index in [0.717, 1.165) is 6.07 Å². The van der Waals surface area contributed by atoms with E-state index in [2.05, 4.69) is 4.74 Å². The fourth-order valence-corrected chi connectivity index (χ4v) is 1.56. The van der Waals surface area contributed by atoms with Crippen LogP contribution in [0.3, 0.4) is 0 Å². The SMILES string of the molecule is OCc1ccc(OC(F)(F)F)c(Oc2ccccc2)c1. The summed E-state index contributed by atoms with van der Waals surface area (Å²) in [5.74, 6) is -0.201. The maximum Gasteiger partial charge on any atom is 0.573 e. The van der Waals surface area contributed by atoms with E-state index in [1.54, 1.807) is 30.3 Å². The first kappa shape index (κ1) is 14.2. The maximum absolute atomic E-state index is 12.3. The monoisotopic (exact) mass is 284 g/mol. The number of hydrogen-bond acceptors (Lipinski definition) is 3. The summed E-state index contributed by atoms with van der Waals surface area (Å²) < 4.78 is 46.2. The number of para-hydroxylation sites is 1. The summed E-state index contributed by atoms with van der Waals surface area (Å²) >= 11 is 0. The van der Waals surface area contributed by atoms with E-state index in [9.17, 15) is 13.2 Å². The van der Waals surface area contributed by atoms with Crippen molar-refractivity contribution < 1.29 is 27.8 Å². The topological polar surface area (TPSA) is 38.7 Å². The molecule has 0 amide bonds. The van der Waals surface area contributed by atoms with Crippen molar-refractivity contribution in [2.45, 2.75) is 13.0 Å². The van der Waals surface area contributed by atoms with Crippen LogP contribution in [-0.4, -0.2) is 11.5 Å². The van der Waals surface area contributed by atoms with Crippen LogP contribution in [0.25, 0.3) is 0 Å². The molecule has 0 aliphatic heterocycles. The number of rotatable bonds is 4. The number of benzene rings is 2. The first-order chi connectivity index (χ1) is 9.48. The maximum atomic E-state index is 12.3. The molecule has 0 aliphatic rings. The molecular formula is C14H11F3O3. The van der Waals surface area contributed by atoms with Gasteiger partial charge in [-0.05, 0) is 29.8 Å². The Bertz CT molecular complexity index is 568. The third-order valence-electron chi connectivity index (χ3n) is 2.39. The van der Waals surface area contributed by atoms with E-state index in [4.69, 9.17) is 9.84 Å². The van der Waals surface area contributed by atoms with Gasteiger partial charge in [-0.1, -0.05) is 24.3 Å². The first-order valence-electron chi connectivity index (χ1n) is 5.70. The summed E-state index contributed by atoms with van der Waals surface area (Å²) in [7, 11) is 0.